The maximum atomic E-state index is 13.6. The molecular weight excluding hydrogens is 331 g/mol. The van der Waals surface area contributed by atoms with Crippen molar-refractivity contribution in [3.63, 3.8) is 0 Å². The van der Waals surface area contributed by atoms with Crippen molar-refractivity contribution in [1.82, 2.24) is 10.3 Å². The van der Waals surface area contributed by atoms with Gasteiger partial charge in [0.05, 0.1) is 17.5 Å². The van der Waals surface area contributed by atoms with Gasteiger partial charge in [-0.2, -0.15) is 5.11 Å². The summed E-state index contributed by atoms with van der Waals surface area (Å²) in [5, 5.41) is 16.9. The van der Waals surface area contributed by atoms with Crippen molar-refractivity contribution >= 4 is 0 Å². The highest BCUT2D eigenvalue weighted by molar-refractivity contribution is 5.67. The number of aromatic nitrogens is 1. The van der Waals surface area contributed by atoms with E-state index in [2.05, 4.69) is 15.4 Å². The third-order valence-electron chi connectivity index (χ3n) is 4.50. The van der Waals surface area contributed by atoms with E-state index in [1.165, 1.54) is 25.0 Å². The Hall–Kier alpha value is -2.60. The monoisotopic (exact) mass is 354 g/mol. The topological polar surface area (TPSA) is 81.4 Å². The SMILES string of the molecule is C[C@@H](O)c1cc(F)ccc1-c1ncccc1C/C(=C/NCC1CC1)N=N. The summed E-state index contributed by atoms with van der Waals surface area (Å²) in [5.74, 6) is 0.341. The summed E-state index contributed by atoms with van der Waals surface area (Å²) in [6.45, 7) is 2.51. The van der Waals surface area contributed by atoms with E-state index in [0.29, 0.717) is 28.9 Å². The smallest absolute Gasteiger partial charge is 0.123 e. The Morgan fingerprint density at radius 3 is 2.96 bits per heavy atom. The Labute approximate surface area is 152 Å². The van der Waals surface area contributed by atoms with Crippen molar-refractivity contribution in [2.45, 2.75) is 32.3 Å². The van der Waals surface area contributed by atoms with Crippen LogP contribution in [0, 0.1) is 17.3 Å². The second-order valence-corrected chi connectivity index (χ2v) is 6.69. The summed E-state index contributed by atoms with van der Waals surface area (Å²) in [7, 11) is 0. The number of nitrogens with zero attached hydrogens (tertiary/aromatic N) is 2. The van der Waals surface area contributed by atoms with Crippen LogP contribution in [0.2, 0.25) is 0 Å². The molecule has 3 N–H and O–H groups in total. The van der Waals surface area contributed by atoms with Crippen LogP contribution in [0.4, 0.5) is 4.39 Å². The number of rotatable bonds is 8. The molecule has 0 spiro atoms. The predicted octanol–water partition coefficient (Wildman–Crippen LogP) is 4.36. The number of halogens is 1. The first kappa shape index (κ1) is 18.2. The maximum Gasteiger partial charge on any atom is 0.123 e. The Kier molecular flexibility index (Phi) is 5.73. The molecule has 0 radical (unpaired) electrons. The lowest BCUT2D eigenvalue weighted by Crippen LogP contribution is -2.10. The van der Waals surface area contributed by atoms with Crippen molar-refractivity contribution in [2.24, 2.45) is 11.0 Å². The first-order valence-corrected chi connectivity index (χ1v) is 8.80. The van der Waals surface area contributed by atoms with Gasteiger partial charge in [-0.05, 0) is 61.1 Å². The second-order valence-electron chi connectivity index (χ2n) is 6.69. The molecule has 1 aromatic carbocycles. The molecule has 26 heavy (non-hydrogen) atoms. The second kappa shape index (κ2) is 8.19. The van der Waals surface area contributed by atoms with Crippen molar-refractivity contribution in [3.05, 3.63) is 65.4 Å². The molecule has 136 valence electrons. The standard InChI is InChI=1S/C20H23FN4O/c1-13(26)19-10-16(21)6-7-18(19)20-15(3-2-8-24-20)9-17(25-22)12-23-11-14-4-5-14/h2-3,6-8,10,12-14,22-23,26H,4-5,9,11H2,1H3/b17-12-,25-22?/t13-/m1/s1. The Bertz CT molecular complexity index is 815. The molecule has 3 rings (SSSR count). The van der Waals surface area contributed by atoms with E-state index in [-0.39, 0.29) is 0 Å². The van der Waals surface area contributed by atoms with Gasteiger partial charge in [0, 0.05) is 30.9 Å². The fourth-order valence-electron chi connectivity index (χ4n) is 2.90. The van der Waals surface area contributed by atoms with Crippen LogP contribution in [0.3, 0.4) is 0 Å². The number of nitrogens with one attached hydrogen (secondary N) is 2. The van der Waals surface area contributed by atoms with Gasteiger partial charge in [-0.15, -0.1) is 0 Å². The first-order valence-electron chi connectivity index (χ1n) is 8.80. The van der Waals surface area contributed by atoms with Crippen molar-refractivity contribution in [3.8, 4) is 11.3 Å². The van der Waals surface area contributed by atoms with E-state index >= 15 is 0 Å². The fourth-order valence-corrected chi connectivity index (χ4v) is 2.90. The zero-order chi connectivity index (χ0) is 18.5. The van der Waals surface area contributed by atoms with E-state index in [0.717, 1.165) is 18.0 Å². The molecule has 6 heteroatoms. The molecule has 2 aromatic rings. The molecule has 0 aliphatic heterocycles. The Morgan fingerprint density at radius 1 is 1.46 bits per heavy atom. The van der Waals surface area contributed by atoms with Crippen LogP contribution in [0.15, 0.2) is 53.5 Å². The molecule has 1 atom stereocenters. The molecule has 0 bridgehead atoms. The average molecular weight is 354 g/mol. The summed E-state index contributed by atoms with van der Waals surface area (Å²) in [5.41, 5.74) is 10.7. The average Bonchev–Trinajstić information content (AvgIpc) is 3.45. The zero-order valence-corrected chi connectivity index (χ0v) is 14.7. The Balaban J connectivity index is 1.89. The summed E-state index contributed by atoms with van der Waals surface area (Å²) >= 11 is 0. The van der Waals surface area contributed by atoms with Gasteiger partial charge in [0.2, 0.25) is 0 Å². The summed E-state index contributed by atoms with van der Waals surface area (Å²) in [6.07, 6.45) is 5.58. The molecule has 1 aliphatic rings. The molecule has 1 saturated carbocycles. The maximum absolute atomic E-state index is 13.6. The molecule has 1 fully saturated rings. The minimum atomic E-state index is -0.813. The molecule has 0 unspecified atom stereocenters. The highest BCUT2D eigenvalue weighted by atomic mass is 19.1. The normalized spacial score (nSPS) is 15.6. The summed E-state index contributed by atoms with van der Waals surface area (Å²) in [4.78, 5) is 4.44. The lowest BCUT2D eigenvalue weighted by molar-refractivity contribution is 0.199. The van der Waals surface area contributed by atoms with Gasteiger partial charge in [-0.25, -0.2) is 9.92 Å². The van der Waals surface area contributed by atoms with Gasteiger partial charge in [0.15, 0.2) is 0 Å². The fraction of sp³-hybridized carbons (Fsp3) is 0.350. The Morgan fingerprint density at radius 2 is 2.27 bits per heavy atom. The largest absolute Gasteiger partial charge is 0.389 e. The van der Waals surface area contributed by atoms with Crippen LogP contribution in [0.5, 0.6) is 0 Å². The van der Waals surface area contributed by atoms with E-state index < -0.39 is 11.9 Å². The third-order valence-corrected chi connectivity index (χ3v) is 4.50. The van der Waals surface area contributed by atoms with Gasteiger partial charge in [-0.1, -0.05) is 6.07 Å². The third kappa shape index (κ3) is 4.52. The minimum absolute atomic E-state index is 0.395. The quantitative estimate of drug-likeness (QED) is 0.616. The number of aliphatic hydroxyl groups excluding tert-OH is 1. The van der Waals surface area contributed by atoms with E-state index in [1.807, 2.05) is 12.1 Å². The molecular formula is C20H23FN4O. The number of pyridine rings is 1. The van der Waals surface area contributed by atoms with Gasteiger partial charge in [0.1, 0.15) is 5.82 Å². The number of aliphatic hydroxyl groups is 1. The van der Waals surface area contributed by atoms with Crippen molar-refractivity contribution in [1.29, 1.82) is 5.53 Å². The number of benzene rings is 1. The van der Waals surface area contributed by atoms with Crippen molar-refractivity contribution < 1.29 is 9.50 Å². The highest BCUT2D eigenvalue weighted by Gasteiger charge is 2.20. The number of hydrogen-bond acceptors (Lipinski definition) is 5. The van der Waals surface area contributed by atoms with E-state index in [4.69, 9.17) is 5.53 Å². The summed E-state index contributed by atoms with van der Waals surface area (Å²) < 4.78 is 13.6. The number of allylic oxidation sites excluding steroid dienone is 1. The van der Waals surface area contributed by atoms with Crippen LogP contribution in [-0.2, 0) is 6.42 Å². The van der Waals surface area contributed by atoms with Crippen LogP contribution in [-0.4, -0.2) is 16.6 Å². The first-order chi connectivity index (χ1) is 12.6. The highest BCUT2D eigenvalue weighted by Crippen LogP contribution is 2.31. The molecule has 1 aliphatic carbocycles. The van der Waals surface area contributed by atoms with Gasteiger partial charge in [0.25, 0.3) is 0 Å². The molecule has 0 saturated heterocycles. The van der Waals surface area contributed by atoms with Gasteiger partial charge >= 0.3 is 0 Å². The predicted molar refractivity (Wildman–Crippen MR) is 97.9 cm³/mol. The molecule has 1 heterocycles. The van der Waals surface area contributed by atoms with Crippen LogP contribution < -0.4 is 5.32 Å². The lowest BCUT2D eigenvalue weighted by Gasteiger charge is -2.15. The van der Waals surface area contributed by atoms with E-state index in [1.54, 1.807) is 25.4 Å². The summed E-state index contributed by atoms with van der Waals surface area (Å²) in [6, 6.07) is 8.07. The van der Waals surface area contributed by atoms with Crippen LogP contribution >= 0.6 is 0 Å². The number of hydrogen-bond donors (Lipinski definition) is 3. The van der Waals surface area contributed by atoms with Gasteiger partial charge in [-0.3, -0.25) is 4.98 Å². The van der Waals surface area contributed by atoms with Gasteiger partial charge < -0.3 is 10.4 Å². The molecule has 1 aromatic heterocycles. The van der Waals surface area contributed by atoms with E-state index in [9.17, 15) is 9.50 Å². The van der Waals surface area contributed by atoms with Crippen molar-refractivity contribution in [2.75, 3.05) is 6.54 Å². The van der Waals surface area contributed by atoms with Crippen LogP contribution in [0.25, 0.3) is 11.3 Å². The van der Waals surface area contributed by atoms with Crippen LogP contribution in [0.1, 0.15) is 37.0 Å². The molecule has 5 nitrogen and oxygen atoms in total. The zero-order valence-electron chi connectivity index (χ0n) is 14.7. The minimum Gasteiger partial charge on any atom is -0.389 e. The lowest BCUT2D eigenvalue weighted by atomic mass is 9.95. The molecule has 0 amide bonds.